The van der Waals surface area contributed by atoms with Crippen LogP contribution in [-0.4, -0.2) is 18.2 Å². The first kappa shape index (κ1) is 16.6. The minimum absolute atomic E-state index is 0.300. The molecule has 0 saturated heterocycles. The fraction of sp³-hybridized carbons (Fsp3) is 0.200. The van der Waals surface area contributed by atoms with Gasteiger partial charge in [0.05, 0.1) is 11.3 Å². The predicted molar refractivity (Wildman–Crippen MR) is 55.7 cm³/mol. The predicted octanol–water partition coefficient (Wildman–Crippen LogP) is 2.61. The number of carbonyl (C=O) groups excluding carboxylic acids is 2. The monoisotopic (exact) mass is 316 g/mol. The molecule has 0 aliphatic carbocycles. The average molecular weight is 316 g/mol. The van der Waals surface area contributed by atoms with Crippen molar-refractivity contribution in [3.63, 3.8) is 0 Å². The van der Waals surface area contributed by atoms with E-state index in [0.717, 1.165) is 12.1 Å². The maximum atomic E-state index is 12.5. The van der Waals surface area contributed by atoms with E-state index in [2.05, 4.69) is 10.6 Å². The fourth-order valence-corrected chi connectivity index (χ4v) is 1.17. The van der Waals surface area contributed by atoms with E-state index in [9.17, 15) is 35.9 Å². The van der Waals surface area contributed by atoms with Crippen molar-refractivity contribution in [2.45, 2.75) is 12.4 Å². The molecule has 0 bridgehead atoms. The van der Waals surface area contributed by atoms with Gasteiger partial charge >= 0.3 is 24.4 Å². The molecule has 1 aromatic rings. The van der Waals surface area contributed by atoms with Gasteiger partial charge in [0.2, 0.25) is 0 Å². The van der Waals surface area contributed by atoms with Crippen LogP contribution in [0.4, 0.5) is 36.8 Å². The van der Waals surface area contributed by atoms with Crippen molar-refractivity contribution in [3.05, 3.63) is 29.8 Å². The second-order valence-corrected chi connectivity index (χ2v) is 3.56. The van der Waals surface area contributed by atoms with Crippen LogP contribution in [0.2, 0.25) is 0 Å². The summed E-state index contributed by atoms with van der Waals surface area (Å²) in [5, 5.41) is -0.384. The number of hydroxylamine groups is 1. The first-order chi connectivity index (χ1) is 9.43. The van der Waals surface area contributed by atoms with Crippen LogP contribution in [0.15, 0.2) is 24.3 Å². The first-order valence-electron chi connectivity index (χ1n) is 4.99. The van der Waals surface area contributed by atoms with E-state index >= 15 is 0 Å². The number of halogens is 6. The van der Waals surface area contributed by atoms with Crippen molar-refractivity contribution >= 4 is 17.7 Å². The third-order valence-electron chi connectivity index (χ3n) is 2.01. The number of hydrogen-bond acceptors (Lipinski definition) is 3. The summed E-state index contributed by atoms with van der Waals surface area (Å²) in [6, 6.07) is 0.814. The molecule has 0 saturated carbocycles. The third kappa shape index (κ3) is 4.26. The Morgan fingerprint density at radius 1 is 1.10 bits per heavy atom. The van der Waals surface area contributed by atoms with Crippen LogP contribution in [-0.2, 0) is 15.8 Å². The highest BCUT2D eigenvalue weighted by Crippen LogP contribution is 2.32. The van der Waals surface area contributed by atoms with Gasteiger partial charge in [-0.1, -0.05) is 6.07 Å². The normalized spacial score (nSPS) is 11.9. The van der Waals surface area contributed by atoms with Crippen molar-refractivity contribution < 1.29 is 40.8 Å². The summed E-state index contributed by atoms with van der Waals surface area (Å²) < 4.78 is 73.5. The highest BCUT2D eigenvalue weighted by atomic mass is 19.4. The van der Waals surface area contributed by atoms with Gasteiger partial charge in [-0.05, 0) is 18.2 Å². The highest BCUT2D eigenvalue weighted by molar-refractivity contribution is 5.91. The Balaban J connectivity index is 3.13. The summed E-state index contributed by atoms with van der Waals surface area (Å²) >= 11 is 0. The van der Waals surface area contributed by atoms with E-state index in [1.165, 1.54) is 0 Å². The maximum absolute atomic E-state index is 12.5. The molecule has 0 spiro atoms. The Bertz CT molecular complexity index is 554. The van der Waals surface area contributed by atoms with Gasteiger partial charge in [0.1, 0.15) is 0 Å². The zero-order chi connectivity index (χ0) is 16.4. The minimum Gasteiger partial charge on any atom is -0.349 e. The standard InChI is InChI=1S/C10H6F6N2O3/c11-9(12,13)5-2-1-3-6(4-5)18(8(17)20)21-7(19)10(14,15)16/h1-4H,(H2,17,20). The van der Waals surface area contributed by atoms with Crippen LogP contribution >= 0.6 is 0 Å². The smallest absolute Gasteiger partial charge is 0.349 e. The van der Waals surface area contributed by atoms with Crippen LogP contribution < -0.4 is 10.8 Å². The lowest BCUT2D eigenvalue weighted by atomic mass is 10.2. The topological polar surface area (TPSA) is 72.6 Å². The summed E-state index contributed by atoms with van der Waals surface area (Å²) in [6.07, 6.45) is -10.3. The van der Waals surface area contributed by atoms with Crippen LogP contribution in [0.3, 0.4) is 0 Å². The van der Waals surface area contributed by atoms with Gasteiger partial charge in [-0.3, -0.25) is 0 Å². The van der Waals surface area contributed by atoms with Crippen LogP contribution in [0.1, 0.15) is 5.56 Å². The van der Waals surface area contributed by atoms with Crippen LogP contribution in [0, 0.1) is 0 Å². The Morgan fingerprint density at radius 3 is 2.10 bits per heavy atom. The molecular formula is C10H6F6N2O3. The molecule has 0 heterocycles. The van der Waals surface area contributed by atoms with Gasteiger partial charge in [-0.15, -0.1) is 5.06 Å². The van der Waals surface area contributed by atoms with Gasteiger partial charge < -0.3 is 10.6 Å². The molecule has 11 heteroatoms. The van der Waals surface area contributed by atoms with Crippen LogP contribution in [0.25, 0.3) is 0 Å². The molecule has 2 N–H and O–H groups in total. The highest BCUT2D eigenvalue weighted by Gasteiger charge is 2.43. The van der Waals surface area contributed by atoms with Crippen molar-refractivity contribution in [2.24, 2.45) is 5.73 Å². The molecule has 21 heavy (non-hydrogen) atoms. The van der Waals surface area contributed by atoms with Crippen LogP contribution in [0.5, 0.6) is 0 Å². The van der Waals surface area contributed by atoms with Gasteiger partial charge in [-0.25, -0.2) is 9.59 Å². The van der Waals surface area contributed by atoms with Crippen molar-refractivity contribution in [1.29, 1.82) is 0 Å². The van der Waals surface area contributed by atoms with Crippen molar-refractivity contribution in [3.8, 4) is 0 Å². The molecule has 0 fully saturated rings. The SMILES string of the molecule is NC(=O)N(OC(=O)C(F)(F)F)c1cccc(C(F)(F)F)c1. The number of anilines is 1. The summed E-state index contributed by atoms with van der Waals surface area (Å²) in [4.78, 5) is 25.2. The molecule has 0 atom stereocenters. The zero-order valence-electron chi connectivity index (χ0n) is 9.83. The zero-order valence-corrected chi connectivity index (χ0v) is 9.83. The Hall–Kier alpha value is -2.46. The van der Waals surface area contributed by atoms with E-state index in [4.69, 9.17) is 0 Å². The van der Waals surface area contributed by atoms with E-state index in [1.807, 2.05) is 0 Å². The third-order valence-corrected chi connectivity index (χ3v) is 2.01. The van der Waals surface area contributed by atoms with Gasteiger partial charge in [0.25, 0.3) is 0 Å². The van der Waals surface area contributed by atoms with E-state index in [-0.39, 0.29) is 5.06 Å². The Kier molecular flexibility index (Phi) is 4.35. The molecule has 2 amide bonds. The molecule has 0 radical (unpaired) electrons. The Morgan fingerprint density at radius 2 is 1.67 bits per heavy atom. The number of amides is 2. The number of nitrogens with two attached hydrogens (primary N) is 1. The minimum atomic E-state index is -5.45. The fourth-order valence-electron chi connectivity index (χ4n) is 1.17. The average Bonchev–Trinajstić information content (AvgIpc) is 2.33. The molecule has 0 unspecified atom stereocenters. The van der Waals surface area contributed by atoms with Gasteiger partial charge in [0, 0.05) is 0 Å². The molecule has 1 rings (SSSR count). The molecule has 0 aromatic heterocycles. The van der Waals surface area contributed by atoms with E-state index in [0.29, 0.717) is 12.1 Å². The number of hydrogen-bond donors (Lipinski definition) is 1. The quantitative estimate of drug-likeness (QED) is 0.639. The number of nitrogens with zero attached hydrogens (tertiary/aromatic N) is 1. The van der Waals surface area contributed by atoms with E-state index < -0.39 is 35.6 Å². The molecule has 116 valence electrons. The van der Waals surface area contributed by atoms with Gasteiger partial charge in [-0.2, -0.15) is 26.3 Å². The maximum Gasteiger partial charge on any atom is 0.493 e. The summed E-state index contributed by atoms with van der Waals surface area (Å²) in [7, 11) is 0. The lowest BCUT2D eigenvalue weighted by Gasteiger charge is -2.20. The second-order valence-electron chi connectivity index (χ2n) is 3.56. The lowest BCUT2D eigenvalue weighted by Crippen LogP contribution is -2.41. The number of primary amides is 1. The van der Waals surface area contributed by atoms with Crippen molar-refractivity contribution in [1.82, 2.24) is 0 Å². The number of carbonyl (C=O) groups is 2. The lowest BCUT2D eigenvalue weighted by molar-refractivity contribution is -0.199. The largest absolute Gasteiger partial charge is 0.493 e. The molecule has 5 nitrogen and oxygen atoms in total. The number of alkyl halides is 6. The number of benzene rings is 1. The van der Waals surface area contributed by atoms with E-state index in [1.54, 1.807) is 0 Å². The number of urea groups is 1. The number of rotatable bonds is 1. The summed E-state index contributed by atoms with van der Waals surface area (Å²) in [5.41, 5.74) is 2.63. The first-order valence-corrected chi connectivity index (χ1v) is 4.99. The van der Waals surface area contributed by atoms with Crippen molar-refractivity contribution in [2.75, 3.05) is 5.06 Å². The molecule has 0 aliphatic heterocycles. The molecule has 0 aliphatic rings. The molecular weight excluding hydrogens is 310 g/mol. The summed E-state index contributed by atoms with van der Waals surface area (Å²) in [5.74, 6) is -2.81. The molecule has 1 aromatic carbocycles. The Labute approximate surface area is 112 Å². The second kappa shape index (κ2) is 5.50. The van der Waals surface area contributed by atoms with Gasteiger partial charge in [0.15, 0.2) is 0 Å². The summed E-state index contributed by atoms with van der Waals surface area (Å²) in [6.45, 7) is 0.